The molecular weight excluding hydrogens is 300 g/mol. The van der Waals surface area contributed by atoms with Gasteiger partial charge in [-0.3, -0.25) is 14.9 Å². The van der Waals surface area contributed by atoms with Crippen LogP contribution < -0.4 is 15.2 Å². The predicted molar refractivity (Wildman–Crippen MR) is 81.1 cm³/mol. The van der Waals surface area contributed by atoms with Crippen molar-refractivity contribution in [3.8, 4) is 11.5 Å². The Bertz CT molecular complexity index is 730. The van der Waals surface area contributed by atoms with Crippen molar-refractivity contribution in [2.24, 2.45) is 0 Å². The molecule has 23 heavy (non-hydrogen) atoms. The maximum absolute atomic E-state index is 11.7. The molecule has 2 aromatic carbocycles. The van der Waals surface area contributed by atoms with Crippen LogP contribution in [0.2, 0.25) is 0 Å². The van der Waals surface area contributed by atoms with Gasteiger partial charge in [0.2, 0.25) is 0 Å². The summed E-state index contributed by atoms with van der Waals surface area (Å²) in [7, 11) is 0. The van der Waals surface area contributed by atoms with Gasteiger partial charge in [-0.1, -0.05) is 18.2 Å². The minimum Gasteiger partial charge on any atom is -0.872 e. The molecule has 0 fully saturated rings. The van der Waals surface area contributed by atoms with E-state index in [2.05, 4.69) is 5.32 Å². The SMILES string of the molecule is Cc1cccc(OCC(=O)NCc2cc([N+](=O)[O-])ccc2[O-])c1. The molecule has 2 aromatic rings. The van der Waals surface area contributed by atoms with Crippen LogP contribution in [0.15, 0.2) is 42.5 Å². The Balaban J connectivity index is 1.89. The van der Waals surface area contributed by atoms with E-state index in [0.717, 1.165) is 23.8 Å². The number of nitro benzene ring substituents is 1. The molecule has 0 unspecified atom stereocenters. The van der Waals surface area contributed by atoms with Gasteiger partial charge in [0.1, 0.15) is 5.75 Å². The molecule has 7 heteroatoms. The van der Waals surface area contributed by atoms with E-state index in [9.17, 15) is 20.0 Å². The molecule has 0 heterocycles. The molecule has 0 atom stereocenters. The van der Waals surface area contributed by atoms with Crippen LogP contribution in [-0.2, 0) is 11.3 Å². The second kappa shape index (κ2) is 7.26. The van der Waals surface area contributed by atoms with E-state index in [0.29, 0.717) is 5.75 Å². The van der Waals surface area contributed by atoms with Crippen LogP contribution >= 0.6 is 0 Å². The smallest absolute Gasteiger partial charge is 0.269 e. The van der Waals surface area contributed by atoms with Crippen LogP contribution in [0.25, 0.3) is 0 Å². The highest BCUT2D eigenvalue weighted by molar-refractivity contribution is 5.77. The van der Waals surface area contributed by atoms with Gasteiger partial charge in [-0.25, -0.2) is 0 Å². The highest BCUT2D eigenvalue weighted by Gasteiger charge is 2.08. The molecule has 0 aliphatic rings. The summed E-state index contributed by atoms with van der Waals surface area (Å²) >= 11 is 0. The zero-order chi connectivity index (χ0) is 16.8. The van der Waals surface area contributed by atoms with Crippen molar-refractivity contribution in [3.63, 3.8) is 0 Å². The lowest BCUT2D eigenvalue weighted by atomic mass is 10.2. The first-order valence-electron chi connectivity index (χ1n) is 6.86. The molecular formula is C16H15N2O5-. The van der Waals surface area contributed by atoms with Gasteiger partial charge in [0, 0.05) is 18.7 Å². The van der Waals surface area contributed by atoms with Gasteiger partial charge in [-0.15, -0.1) is 5.75 Å². The minimum absolute atomic E-state index is 0.0868. The van der Waals surface area contributed by atoms with E-state index in [1.807, 2.05) is 19.1 Å². The summed E-state index contributed by atoms with van der Waals surface area (Å²) in [5.74, 6) is -0.215. The Hall–Kier alpha value is -3.09. The fraction of sp³-hybridized carbons (Fsp3) is 0.188. The molecule has 0 bridgehead atoms. The number of ether oxygens (including phenoxy) is 1. The second-order valence-corrected chi connectivity index (χ2v) is 4.93. The topological polar surface area (TPSA) is 105 Å². The average molecular weight is 315 g/mol. The molecule has 120 valence electrons. The van der Waals surface area contributed by atoms with Crippen LogP contribution in [0.5, 0.6) is 11.5 Å². The van der Waals surface area contributed by atoms with Crippen LogP contribution in [0.1, 0.15) is 11.1 Å². The normalized spacial score (nSPS) is 10.1. The van der Waals surface area contributed by atoms with Gasteiger partial charge in [0.05, 0.1) is 4.92 Å². The number of nitrogens with zero attached hydrogens (tertiary/aromatic N) is 1. The monoisotopic (exact) mass is 315 g/mol. The number of amides is 1. The molecule has 0 saturated heterocycles. The predicted octanol–water partition coefficient (Wildman–Crippen LogP) is 1.67. The Morgan fingerprint density at radius 3 is 2.74 bits per heavy atom. The maximum Gasteiger partial charge on any atom is 0.269 e. The van der Waals surface area contributed by atoms with E-state index < -0.39 is 10.8 Å². The number of nitrogens with one attached hydrogen (secondary N) is 1. The van der Waals surface area contributed by atoms with Crippen molar-refractivity contribution in [3.05, 3.63) is 63.7 Å². The van der Waals surface area contributed by atoms with Gasteiger partial charge < -0.3 is 15.2 Å². The number of aryl methyl sites for hydroxylation is 1. The number of nitro groups is 1. The minimum atomic E-state index is -0.592. The van der Waals surface area contributed by atoms with Crippen LogP contribution in [-0.4, -0.2) is 17.4 Å². The fourth-order valence-corrected chi connectivity index (χ4v) is 1.92. The Morgan fingerprint density at radius 1 is 1.26 bits per heavy atom. The Kier molecular flexibility index (Phi) is 5.14. The summed E-state index contributed by atoms with van der Waals surface area (Å²) in [4.78, 5) is 21.8. The van der Waals surface area contributed by atoms with Crippen molar-refractivity contribution < 1.29 is 19.6 Å². The summed E-state index contributed by atoms with van der Waals surface area (Å²) in [6, 6.07) is 10.7. The number of hydrogen-bond acceptors (Lipinski definition) is 5. The first-order valence-corrected chi connectivity index (χ1v) is 6.86. The van der Waals surface area contributed by atoms with Gasteiger partial charge in [0.25, 0.3) is 11.6 Å². The first-order chi connectivity index (χ1) is 11.0. The standard InChI is InChI=1S/C16H16N2O5/c1-11-3-2-4-14(7-11)23-10-16(20)17-9-12-8-13(18(21)22)5-6-15(12)19/h2-8,19H,9-10H2,1H3,(H,17,20)/p-1. The first kappa shape index (κ1) is 16.3. The molecule has 0 aliphatic heterocycles. The number of rotatable bonds is 6. The average Bonchev–Trinajstić information content (AvgIpc) is 2.52. The molecule has 0 aliphatic carbocycles. The number of carbonyl (C=O) groups is 1. The van der Waals surface area contributed by atoms with Crippen LogP contribution in [0.3, 0.4) is 0 Å². The molecule has 2 rings (SSSR count). The molecule has 0 aromatic heterocycles. The van der Waals surface area contributed by atoms with Crippen molar-refractivity contribution in [1.29, 1.82) is 0 Å². The number of hydrogen-bond donors (Lipinski definition) is 1. The lowest BCUT2D eigenvalue weighted by molar-refractivity contribution is -0.385. The number of carbonyl (C=O) groups excluding carboxylic acids is 1. The Labute approximate surface area is 132 Å². The van der Waals surface area contributed by atoms with Crippen molar-refractivity contribution in [2.75, 3.05) is 6.61 Å². The lowest BCUT2D eigenvalue weighted by Crippen LogP contribution is -2.28. The summed E-state index contributed by atoms with van der Waals surface area (Å²) in [6.07, 6.45) is 0. The van der Waals surface area contributed by atoms with E-state index in [1.54, 1.807) is 12.1 Å². The zero-order valence-corrected chi connectivity index (χ0v) is 12.4. The Morgan fingerprint density at radius 2 is 2.04 bits per heavy atom. The zero-order valence-electron chi connectivity index (χ0n) is 12.4. The van der Waals surface area contributed by atoms with E-state index in [4.69, 9.17) is 4.74 Å². The molecule has 7 nitrogen and oxygen atoms in total. The van der Waals surface area contributed by atoms with E-state index in [1.165, 1.54) is 0 Å². The van der Waals surface area contributed by atoms with E-state index >= 15 is 0 Å². The third-order valence-corrected chi connectivity index (χ3v) is 3.09. The summed E-state index contributed by atoms with van der Waals surface area (Å²) in [5.41, 5.74) is 0.975. The molecule has 1 amide bonds. The summed E-state index contributed by atoms with van der Waals surface area (Å²) in [6.45, 7) is 1.62. The van der Waals surface area contributed by atoms with Crippen molar-refractivity contribution in [1.82, 2.24) is 5.32 Å². The molecule has 0 radical (unpaired) electrons. The maximum atomic E-state index is 11.7. The summed E-state index contributed by atoms with van der Waals surface area (Å²) < 4.78 is 5.33. The molecule has 0 saturated carbocycles. The van der Waals surface area contributed by atoms with E-state index in [-0.39, 0.29) is 30.2 Å². The second-order valence-electron chi connectivity index (χ2n) is 4.93. The highest BCUT2D eigenvalue weighted by Crippen LogP contribution is 2.20. The van der Waals surface area contributed by atoms with Gasteiger partial charge in [0.15, 0.2) is 6.61 Å². The third kappa shape index (κ3) is 4.70. The van der Waals surface area contributed by atoms with Crippen molar-refractivity contribution in [2.45, 2.75) is 13.5 Å². The fourth-order valence-electron chi connectivity index (χ4n) is 1.92. The third-order valence-electron chi connectivity index (χ3n) is 3.09. The van der Waals surface area contributed by atoms with Gasteiger partial charge >= 0.3 is 0 Å². The van der Waals surface area contributed by atoms with Crippen LogP contribution in [0.4, 0.5) is 5.69 Å². The molecule has 0 spiro atoms. The van der Waals surface area contributed by atoms with Gasteiger partial charge in [-0.05, 0) is 30.2 Å². The quantitative estimate of drug-likeness (QED) is 0.645. The number of non-ortho nitro benzene ring substituents is 1. The van der Waals surface area contributed by atoms with Crippen molar-refractivity contribution >= 4 is 11.6 Å². The highest BCUT2D eigenvalue weighted by atomic mass is 16.6. The largest absolute Gasteiger partial charge is 0.872 e. The summed E-state index contributed by atoms with van der Waals surface area (Å²) in [5, 5.41) is 24.8. The number of benzene rings is 2. The van der Waals surface area contributed by atoms with Gasteiger partial charge in [-0.2, -0.15) is 0 Å². The molecule has 1 N–H and O–H groups in total. The van der Waals surface area contributed by atoms with Crippen LogP contribution in [0, 0.1) is 17.0 Å². The lowest BCUT2D eigenvalue weighted by Gasteiger charge is -2.14.